The first-order chi connectivity index (χ1) is 20.5. The van der Waals surface area contributed by atoms with Gasteiger partial charge in [-0.1, -0.05) is 97.4 Å². The zero-order chi connectivity index (χ0) is 29.7. The van der Waals surface area contributed by atoms with Crippen LogP contribution in [0, 0.1) is 11.3 Å². The van der Waals surface area contributed by atoms with Gasteiger partial charge in [0, 0.05) is 32.7 Å². The molecule has 2 atom stereocenters. The molecule has 0 spiro atoms. The highest BCUT2D eigenvalue weighted by Gasteiger charge is 2.21. The molecule has 0 saturated heterocycles. The van der Waals surface area contributed by atoms with Crippen molar-refractivity contribution in [2.24, 2.45) is 0 Å². The van der Waals surface area contributed by atoms with E-state index >= 15 is 0 Å². The number of nitriles is 1. The lowest BCUT2D eigenvalue weighted by molar-refractivity contribution is -0.146. The number of carbonyl (C=O) groups is 1. The Morgan fingerprint density at radius 3 is 2.33 bits per heavy atom. The molecule has 1 heterocycles. The molecular formula is C33H31ClN2O4S2. The van der Waals surface area contributed by atoms with E-state index in [-0.39, 0.29) is 18.1 Å². The molecule has 0 bridgehead atoms. The lowest BCUT2D eigenvalue weighted by Crippen LogP contribution is -2.31. The highest BCUT2D eigenvalue weighted by molar-refractivity contribution is 8.00. The number of hydrogen-bond donors (Lipinski definition) is 0. The smallest absolute Gasteiger partial charge is 0.316 e. The summed E-state index contributed by atoms with van der Waals surface area (Å²) in [6.07, 6.45) is 1.05. The van der Waals surface area contributed by atoms with Gasteiger partial charge in [0.1, 0.15) is 29.6 Å². The van der Waals surface area contributed by atoms with Crippen LogP contribution in [0.5, 0.6) is 5.75 Å². The Bertz CT molecular complexity index is 1530. The predicted octanol–water partition coefficient (Wildman–Crippen LogP) is 7.57. The van der Waals surface area contributed by atoms with Crippen molar-refractivity contribution in [2.45, 2.75) is 30.9 Å². The lowest BCUT2D eigenvalue weighted by atomic mass is 9.99. The molecule has 216 valence electrons. The topological polar surface area (TPSA) is 89.3 Å². The fourth-order valence-corrected chi connectivity index (χ4v) is 6.38. The monoisotopic (exact) mass is 618 g/mol. The van der Waals surface area contributed by atoms with Gasteiger partial charge in [0.05, 0.1) is 22.8 Å². The number of carbonyl (C=O) groups excluding carboxylic acids is 1. The van der Waals surface area contributed by atoms with Crippen molar-refractivity contribution in [3.05, 3.63) is 102 Å². The van der Waals surface area contributed by atoms with Crippen molar-refractivity contribution in [1.82, 2.24) is 4.98 Å². The minimum Gasteiger partial charge on any atom is -0.490 e. The second-order valence-electron chi connectivity index (χ2n) is 9.41. The molecule has 0 saturated carbocycles. The van der Waals surface area contributed by atoms with Crippen LogP contribution in [0.25, 0.3) is 22.4 Å². The Morgan fingerprint density at radius 1 is 1.02 bits per heavy atom. The summed E-state index contributed by atoms with van der Waals surface area (Å²) in [5.74, 6) is 0.697. The van der Waals surface area contributed by atoms with E-state index in [0.29, 0.717) is 32.8 Å². The molecule has 0 radical (unpaired) electrons. The zero-order valence-corrected chi connectivity index (χ0v) is 25.6. The first-order valence-electron chi connectivity index (χ1n) is 13.6. The van der Waals surface area contributed by atoms with Gasteiger partial charge in [0.25, 0.3) is 0 Å². The summed E-state index contributed by atoms with van der Waals surface area (Å²) >= 11 is 7.11. The summed E-state index contributed by atoms with van der Waals surface area (Å²) in [5.41, 5.74) is 3.61. The second kappa shape index (κ2) is 16.1. The Balaban J connectivity index is 1.52. The van der Waals surface area contributed by atoms with Gasteiger partial charge < -0.3 is 9.47 Å². The Kier molecular flexibility index (Phi) is 12.0. The number of hydrogen-bond acceptors (Lipinski definition) is 7. The summed E-state index contributed by atoms with van der Waals surface area (Å²) in [5, 5.41) is 11.1. The quantitative estimate of drug-likeness (QED) is 0.106. The second-order valence-corrected chi connectivity index (χ2v) is 12.4. The van der Waals surface area contributed by atoms with E-state index in [1.807, 2.05) is 73.7 Å². The third-order valence-corrected chi connectivity index (χ3v) is 8.91. The SMILES string of the molecule is CCCCS(=O)CC(COc1ccc(Cl)cc1)OC(=O)CSc1nc(-c2ccccc2)cc(-c2ccccc2)c1C#N. The summed E-state index contributed by atoms with van der Waals surface area (Å²) in [6.45, 7) is 2.09. The van der Waals surface area contributed by atoms with Gasteiger partial charge >= 0.3 is 5.97 Å². The van der Waals surface area contributed by atoms with Crippen LogP contribution in [0.15, 0.2) is 96.0 Å². The molecular weight excluding hydrogens is 588 g/mol. The number of ether oxygens (including phenoxy) is 2. The number of halogens is 1. The number of aromatic nitrogens is 1. The number of pyridine rings is 1. The predicted molar refractivity (Wildman–Crippen MR) is 170 cm³/mol. The van der Waals surface area contributed by atoms with Crippen molar-refractivity contribution in [3.63, 3.8) is 0 Å². The highest BCUT2D eigenvalue weighted by atomic mass is 35.5. The van der Waals surface area contributed by atoms with Crippen LogP contribution in [0.2, 0.25) is 5.02 Å². The standard InChI is InChI=1S/C33H31ClN2O4S2/c1-2-3-18-42(38)23-28(21-39-27-16-14-26(34)15-17-27)40-32(37)22-41-33-30(20-35)29(24-10-6-4-7-11-24)19-31(36-33)25-12-8-5-9-13-25/h4-17,19,28H,2-3,18,21-23H2,1H3. The maximum atomic E-state index is 13.1. The molecule has 4 rings (SSSR count). The van der Waals surface area contributed by atoms with E-state index in [9.17, 15) is 14.3 Å². The maximum Gasteiger partial charge on any atom is 0.316 e. The molecule has 0 N–H and O–H groups in total. The van der Waals surface area contributed by atoms with Crippen LogP contribution in [0.4, 0.5) is 0 Å². The van der Waals surface area contributed by atoms with Gasteiger partial charge in [-0.25, -0.2) is 4.98 Å². The highest BCUT2D eigenvalue weighted by Crippen LogP contribution is 2.34. The number of nitrogens with zero attached hydrogens (tertiary/aromatic N) is 2. The van der Waals surface area contributed by atoms with Crippen molar-refractivity contribution >= 4 is 40.1 Å². The molecule has 0 fully saturated rings. The third-order valence-electron chi connectivity index (χ3n) is 6.22. The van der Waals surface area contributed by atoms with Gasteiger partial charge in [-0.15, -0.1) is 0 Å². The first-order valence-corrected chi connectivity index (χ1v) is 16.4. The minimum atomic E-state index is -1.16. The molecule has 3 aromatic carbocycles. The number of unbranched alkanes of at least 4 members (excludes halogenated alkanes) is 1. The molecule has 0 aliphatic carbocycles. The van der Waals surface area contributed by atoms with E-state index in [1.165, 1.54) is 0 Å². The van der Waals surface area contributed by atoms with Crippen LogP contribution in [-0.4, -0.2) is 45.1 Å². The van der Waals surface area contributed by atoms with Crippen LogP contribution in [-0.2, 0) is 20.3 Å². The van der Waals surface area contributed by atoms with Gasteiger partial charge in [0.2, 0.25) is 0 Å². The molecule has 0 aliphatic rings. The largest absolute Gasteiger partial charge is 0.490 e. The number of benzene rings is 3. The molecule has 0 amide bonds. The molecule has 6 nitrogen and oxygen atoms in total. The van der Waals surface area contributed by atoms with Gasteiger partial charge in [-0.2, -0.15) is 5.26 Å². The summed E-state index contributed by atoms with van der Waals surface area (Å²) in [7, 11) is -1.16. The first kappa shape index (κ1) is 31.3. The fraction of sp³-hybridized carbons (Fsp3) is 0.242. The number of esters is 1. The van der Waals surface area contributed by atoms with E-state index < -0.39 is 22.9 Å². The Morgan fingerprint density at radius 2 is 1.69 bits per heavy atom. The summed E-state index contributed by atoms with van der Waals surface area (Å²) in [4.78, 5) is 17.8. The summed E-state index contributed by atoms with van der Waals surface area (Å²) < 4.78 is 24.2. The average Bonchev–Trinajstić information content (AvgIpc) is 3.02. The Hall–Kier alpha value is -3.64. The molecule has 2 unspecified atom stereocenters. The van der Waals surface area contributed by atoms with Crippen LogP contribution in [0.1, 0.15) is 25.3 Å². The van der Waals surface area contributed by atoms with Crippen molar-refractivity contribution in [1.29, 1.82) is 5.26 Å². The third kappa shape index (κ3) is 9.18. The molecule has 1 aromatic heterocycles. The van der Waals surface area contributed by atoms with Crippen LogP contribution >= 0.6 is 23.4 Å². The average molecular weight is 619 g/mol. The molecule has 0 aliphatic heterocycles. The molecule has 9 heteroatoms. The van der Waals surface area contributed by atoms with Crippen molar-refractivity contribution in [3.8, 4) is 34.2 Å². The maximum absolute atomic E-state index is 13.1. The normalized spacial score (nSPS) is 12.2. The van der Waals surface area contributed by atoms with E-state index in [1.54, 1.807) is 24.3 Å². The lowest BCUT2D eigenvalue weighted by Gasteiger charge is -2.19. The van der Waals surface area contributed by atoms with Gasteiger partial charge in [-0.05, 0) is 42.3 Å². The van der Waals surface area contributed by atoms with Crippen molar-refractivity contribution in [2.75, 3.05) is 23.9 Å². The Labute approximate surface area is 258 Å². The zero-order valence-electron chi connectivity index (χ0n) is 23.2. The van der Waals surface area contributed by atoms with Crippen LogP contribution in [0.3, 0.4) is 0 Å². The summed E-state index contributed by atoms with van der Waals surface area (Å²) in [6, 6.07) is 30.4. The van der Waals surface area contributed by atoms with Gasteiger partial charge in [0.15, 0.2) is 0 Å². The van der Waals surface area contributed by atoms with E-state index in [2.05, 4.69) is 6.07 Å². The minimum absolute atomic E-state index is 0.0548. The molecule has 4 aromatic rings. The van der Waals surface area contributed by atoms with Crippen molar-refractivity contribution < 1.29 is 18.5 Å². The van der Waals surface area contributed by atoms with Gasteiger partial charge in [-0.3, -0.25) is 9.00 Å². The van der Waals surface area contributed by atoms with Crippen LogP contribution < -0.4 is 4.74 Å². The fourth-order valence-electron chi connectivity index (χ4n) is 4.12. The van der Waals surface area contributed by atoms with E-state index in [4.69, 9.17) is 26.1 Å². The number of thioether (sulfide) groups is 1. The van der Waals surface area contributed by atoms with E-state index in [0.717, 1.165) is 41.3 Å². The molecule has 42 heavy (non-hydrogen) atoms. The number of rotatable bonds is 14.